The second kappa shape index (κ2) is 6.31. The van der Waals surface area contributed by atoms with Crippen LogP contribution in [0.2, 0.25) is 0 Å². The average Bonchev–Trinajstić information content (AvgIpc) is 3.07. The minimum atomic E-state index is -0.628. The lowest BCUT2D eigenvalue weighted by molar-refractivity contribution is 0.0474. The van der Waals surface area contributed by atoms with Crippen molar-refractivity contribution >= 4 is 18.0 Å². The largest absolute Gasteiger partial charge is 0.454 e. The Morgan fingerprint density at radius 2 is 1.70 bits per heavy atom. The molecule has 0 amide bonds. The van der Waals surface area contributed by atoms with Crippen molar-refractivity contribution in [2.75, 3.05) is 13.4 Å². The minimum absolute atomic E-state index is 0.124. The molecule has 116 valence electrons. The Labute approximate surface area is 131 Å². The van der Waals surface area contributed by atoms with Crippen molar-refractivity contribution in [1.82, 2.24) is 0 Å². The number of carbonyl (C=O) groups excluding carboxylic acids is 3. The highest BCUT2D eigenvalue weighted by molar-refractivity contribution is 6.00. The molecule has 0 saturated carbocycles. The second-order valence-electron chi connectivity index (χ2n) is 4.81. The number of fused-ring (bicyclic) bond motifs is 1. The van der Waals surface area contributed by atoms with Crippen molar-refractivity contribution in [3.63, 3.8) is 0 Å². The number of esters is 1. The van der Waals surface area contributed by atoms with Gasteiger partial charge in [0, 0.05) is 11.1 Å². The Morgan fingerprint density at radius 3 is 2.43 bits per heavy atom. The Morgan fingerprint density at radius 1 is 1.00 bits per heavy atom. The van der Waals surface area contributed by atoms with E-state index in [0.29, 0.717) is 28.9 Å². The number of hydrogen-bond donors (Lipinski definition) is 0. The van der Waals surface area contributed by atoms with E-state index in [1.165, 1.54) is 24.3 Å². The van der Waals surface area contributed by atoms with Gasteiger partial charge in [-0.2, -0.15) is 0 Å². The molecule has 0 atom stereocenters. The van der Waals surface area contributed by atoms with Crippen molar-refractivity contribution in [2.24, 2.45) is 0 Å². The molecule has 1 aliphatic rings. The third-order valence-corrected chi connectivity index (χ3v) is 3.31. The summed E-state index contributed by atoms with van der Waals surface area (Å²) >= 11 is 0. The molecule has 2 aromatic rings. The molecule has 0 N–H and O–H groups in total. The van der Waals surface area contributed by atoms with Gasteiger partial charge in [0.05, 0.1) is 5.56 Å². The lowest BCUT2D eigenvalue weighted by Crippen LogP contribution is -2.14. The van der Waals surface area contributed by atoms with E-state index in [0.717, 1.165) is 0 Å². The molecule has 1 aliphatic heterocycles. The maximum Gasteiger partial charge on any atom is 0.338 e. The molecule has 0 fully saturated rings. The Bertz CT molecular complexity index is 763. The van der Waals surface area contributed by atoms with Crippen molar-refractivity contribution < 1.29 is 28.6 Å². The molecular weight excluding hydrogens is 300 g/mol. The van der Waals surface area contributed by atoms with Crippen LogP contribution < -0.4 is 9.47 Å². The van der Waals surface area contributed by atoms with Crippen LogP contribution in [0.1, 0.15) is 31.1 Å². The van der Waals surface area contributed by atoms with Crippen LogP contribution in [-0.2, 0) is 4.74 Å². The molecule has 0 aliphatic carbocycles. The van der Waals surface area contributed by atoms with Crippen molar-refractivity contribution in [1.29, 1.82) is 0 Å². The first-order valence-corrected chi connectivity index (χ1v) is 6.82. The SMILES string of the molecule is O=Cc1ccc(C(=O)OCC(=O)c2ccc3c(c2)OCO3)cc1. The fourth-order valence-corrected chi connectivity index (χ4v) is 2.07. The van der Waals surface area contributed by atoms with Crippen LogP contribution in [0.4, 0.5) is 0 Å². The third-order valence-electron chi connectivity index (χ3n) is 3.31. The number of carbonyl (C=O) groups is 3. The molecule has 23 heavy (non-hydrogen) atoms. The standard InChI is InChI=1S/C17H12O6/c18-8-11-1-3-12(4-2-11)17(20)21-9-14(19)13-5-6-15-16(7-13)23-10-22-15/h1-8H,9-10H2. The molecule has 2 aromatic carbocycles. The number of rotatable bonds is 5. The summed E-state index contributed by atoms with van der Waals surface area (Å²) in [6.45, 7) is -0.257. The molecule has 0 aromatic heterocycles. The summed E-state index contributed by atoms with van der Waals surface area (Å²) in [4.78, 5) is 34.5. The zero-order chi connectivity index (χ0) is 16.2. The van der Waals surface area contributed by atoms with Gasteiger partial charge in [-0.15, -0.1) is 0 Å². The molecule has 0 bridgehead atoms. The first-order chi connectivity index (χ1) is 11.2. The summed E-state index contributed by atoms with van der Waals surface area (Å²) < 4.78 is 15.3. The predicted molar refractivity (Wildman–Crippen MR) is 79.0 cm³/mol. The summed E-state index contributed by atoms with van der Waals surface area (Å²) in [6, 6.07) is 10.7. The summed E-state index contributed by atoms with van der Waals surface area (Å²) in [5, 5.41) is 0. The molecule has 0 radical (unpaired) electrons. The van der Waals surface area contributed by atoms with Crippen LogP contribution in [0.3, 0.4) is 0 Å². The number of benzene rings is 2. The van der Waals surface area contributed by atoms with Gasteiger partial charge in [-0.25, -0.2) is 4.79 Å². The quantitative estimate of drug-likeness (QED) is 0.479. The Hall–Kier alpha value is -3.15. The van der Waals surface area contributed by atoms with E-state index in [2.05, 4.69) is 0 Å². The van der Waals surface area contributed by atoms with Crippen molar-refractivity contribution in [3.8, 4) is 11.5 Å². The van der Waals surface area contributed by atoms with E-state index < -0.39 is 5.97 Å². The van der Waals surface area contributed by atoms with E-state index in [9.17, 15) is 14.4 Å². The Kier molecular flexibility index (Phi) is 4.05. The molecule has 6 nitrogen and oxygen atoms in total. The lowest BCUT2D eigenvalue weighted by Gasteiger charge is -2.05. The molecule has 1 heterocycles. The fourth-order valence-electron chi connectivity index (χ4n) is 2.07. The summed E-state index contributed by atoms with van der Waals surface area (Å²) in [7, 11) is 0. The van der Waals surface area contributed by atoms with Gasteiger partial charge in [0.1, 0.15) is 6.29 Å². The molecular formula is C17H12O6. The van der Waals surface area contributed by atoms with Gasteiger partial charge in [0.2, 0.25) is 6.79 Å². The topological polar surface area (TPSA) is 78.9 Å². The number of ether oxygens (including phenoxy) is 3. The van der Waals surface area contributed by atoms with Crippen LogP contribution in [0.15, 0.2) is 42.5 Å². The predicted octanol–water partition coefficient (Wildman–Crippen LogP) is 2.27. The monoisotopic (exact) mass is 312 g/mol. The zero-order valence-electron chi connectivity index (χ0n) is 12.0. The van der Waals surface area contributed by atoms with E-state index in [-0.39, 0.29) is 24.7 Å². The second-order valence-corrected chi connectivity index (χ2v) is 4.81. The van der Waals surface area contributed by atoms with Gasteiger partial charge in [0.15, 0.2) is 23.9 Å². The van der Waals surface area contributed by atoms with E-state index in [1.807, 2.05) is 0 Å². The highest BCUT2D eigenvalue weighted by atomic mass is 16.7. The van der Waals surface area contributed by atoms with E-state index in [1.54, 1.807) is 18.2 Å². The zero-order valence-corrected chi connectivity index (χ0v) is 12.0. The first kappa shape index (κ1) is 14.8. The van der Waals surface area contributed by atoms with E-state index in [4.69, 9.17) is 14.2 Å². The first-order valence-electron chi connectivity index (χ1n) is 6.82. The highest BCUT2D eigenvalue weighted by Crippen LogP contribution is 2.32. The maximum absolute atomic E-state index is 12.1. The summed E-state index contributed by atoms with van der Waals surface area (Å²) in [6.07, 6.45) is 0.679. The average molecular weight is 312 g/mol. The lowest BCUT2D eigenvalue weighted by atomic mass is 10.1. The van der Waals surface area contributed by atoms with Gasteiger partial charge in [-0.3, -0.25) is 9.59 Å². The van der Waals surface area contributed by atoms with Crippen molar-refractivity contribution in [2.45, 2.75) is 0 Å². The van der Waals surface area contributed by atoms with Crippen LogP contribution >= 0.6 is 0 Å². The van der Waals surface area contributed by atoms with Crippen LogP contribution in [0.5, 0.6) is 11.5 Å². The normalized spacial score (nSPS) is 11.8. The minimum Gasteiger partial charge on any atom is -0.454 e. The Balaban J connectivity index is 1.61. The number of hydrogen-bond acceptors (Lipinski definition) is 6. The third kappa shape index (κ3) is 3.21. The molecule has 6 heteroatoms. The molecule has 0 saturated heterocycles. The molecule has 0 unspecified atom stereocenters. The van der Waals surface area contributed by atoms with Crippen molar-refractivity contribution in [3.05, 3.63) is 59.2 Å². The van der Waals surface area contributed by atoms with Gasteiger partial charge < -0.3 is 14.2 Å². The van der Waals surface area contributed by atoms with E-state index >= 15 is 0 Å². The maximum atomic E-state index is 12.1. The highest BCUT2D eigenvalue weighted by Gasteiger charge is 2.17. The van der Waals surface area contributed by atoms with Gasteiger partial charge in [0.25, 0.3) is 0 Å². The van der Waals surface area contributed by atoms with Gasteiger partial charge in [-0.1, -0.05) is 12.1 Å². The summed E-state index contributed by atoms with van der Waals surface area (Å²) in [5.41, 5.74) is 1.10. The smallest absolute Gasteiger partial charge is 0.338 e. The van der Waals surface area contributed by atoms with Gasteiger partial charge in [-0.05, 0) is 30.3 Å². The summed E-state index contributed by atoms with van der Waals surface area (Å²) in [5.74, 6) is 0.0955. The molecule has 0 spiro atoms. The van der Waals surface area contributed by atoms with Crippen LogP contribution in [-0.4, -0.2) is 31.4 Å². The molecule has 3 rings (SSSR count). The van der Waals surface area contributed by atoms with Crippen LogP contribution in [0.25, 0.3) is 0 Å². The fraction of sp³-hybridized carbons (Fsp3) is 0.118. The van der Waals surface area contributed by atoms with Crippen LogP contribution in [0, 0.1) is 0 Å². The number of aldehydes is 1. The van der Waals surface area contributed by atoms with Gasteiger partial charge >= 0.3 is 5.97 Å². The number of Topliss-reactive ketones (excluding diaryl/α,β-unsaturated/α-hetero) is 1. The number of ketones is 1.